The lowest BCUT2D eigenvalue weighted by Gasteiger charge is -2.31. The summed E-state index contributed by atoms with van der Waals surface area (Å²) in [5, 5.41) is 0. The molecule has 0 amide bonds. The molecule has 1 saturated heterocycles. The van der Waals surface area contributed by atoms with Crippen molar-refractivity contribution in [2.75, 3.05) is 13.1 Å². The number of piperidine rings is 1. The van der Waals surface area contributed by atoms with Gasteiger partial charge in [0.2, 0.25) is 0 Å². The molecule has 4 heteroatoms. The van der Waals surface area contributed by atoms with Crippen molar-refractivity contribution in [1.29, 1.82) is 0 Å². The zero-order chi connectivity index (χ0) is 13.7. The lowest BCUT2D eigenvalue weighted by atomic mass is 9.99. The zero-order valence-electron chi connectivity index (χ0n) is 11.7. The summed E-state index contributed by atoms with van der Waals surface area (Å²) >= 11 is 0. The van der Waals surface area contributed by atoms with E-state index in [0.717, 1.165) is 12.5 Å². The second kappa shape index (κ2) is 6.57. The van der Waals surface area contributed by atoms with Gasteiger partial charge >= 0.3 is 0 Å². The first-order valence-corrected chi connectivity index (χ1v) is 6.99. The summed E-state index contributed by atoms with van der Waals surface area (Å²) < 4.78 is 0. The van der Waals surface area contributed by atoms with Gasteiger partial charge in [0, 0.05) is 13.1 Å². The fraction of sp³-hybridized carbons (Fsp3) is 0.533. The molecular weight excluding hydrogens is 236 g/mol. The molecule has 1 atom stereocenters. The third kappa shape index (κ3) is 4.24. The van der Waals surface area contributed by atoms with Crippen molar-refractivity contribution < 1.29 is 0 Å². The Hall–Kier alpha value is -1.55. The highest BCUT2D eigenvalue weighted by molar-refractivity contribution is 5.75. The van der Waals surface area contributed by atoms with E-state index in [-0.39, 0.29) is 5.96 Å². The Balaban J connectivity index is 2.04. The molecule has 1 fully saturated rings. The van der Waals surface area contributed by atoms with E-state index in [0.29, 0.717) is 6.54 Å². The quantitative estimate of drug-likeness (QED) is 0.639. The number of nitrogens with two attached hydrogens (primary N) is 2. The maximum Gasteiger partial charge on any atom is 0.186 e. The van der Waals surface area contributed by atoms with Gasteiger partial charge in [-0.3, -0.25) is 4.90 Å². The van der Waals surface area contributed by atoms with Crippen LogP contribution in [0.1, 0.15) is 30.9 Å². The highest BCUT2D eigenvalue weighted by Crippen LogP contribution is 2.19. The van der Waals surface area contributed by atoms with E-state index in [4.69, 9.17) is 11.5 Å². The average Bonchev–Trinajstić information content (AvgIpc) is 2.38. The molecule has 0 aliphatic carbocycles. The number of rotatable bonds is 4. The van der Waals surface area contributed by atoms with Crippen molar-refractivity contribution in [3.8, 4) is 0 Å². The van der Waals surface area contributed by atoms with Gasteiger partial charge in [-0.1, -0.05) is 31.2 Å². The number of benzene rings is 1. The topological polar surface area (TPSA) is 67.6 Å². The van der Waals surface area contributed by atoms with E-state index >= 15 is 0 Å². The molecule has 1 heterocycles. The number of hydrogen-bond donors (Lipinski definition) is 2. The Morgan fingerprint density at radius 2 is 2.05 bits per heavy atom. The van der Waals surface area contributed by atoms with Gasteiger partial charge in [-0.05, 0) is 36.4 Å². The Kier molecular flexibility index (Phi) is 4.80. The number of hydrogen-bond acceptors (Lipinski definition) is 2. The first-order chi connectivity index (χ1) is 9.15. The van der Waals surface area contributed by atoms with Crippen LogP contribution in [0.15, 0.2) is 29.3 Å². The minimum Gasteiger partial charge on any atom is -0.370 e. The molecular formula is C15H24N4. The van der Waals surface area contributed by atoms with Gasteiger partial charge in [0.1, 0.15) is 0 Å². The molecule has 104 valence electrons. The van der Waals surface area contributed by atoms with Crippen LogP contribution in [0.25, 0.3) is 0 Å². The monoisotopic (exact) mass is 260 g/mol. The normalized spacial score (nSPS) is 20.2. The highest BCUT2D eigenvalue weighted by Gasteiger charge is 2.17. The molecule has 0 spiro atoms. The molecule has 4 N–H and O–H groups in total. The van der Waals surface area contributed by atoms with E-state index < -0.39 is 0 Å². The maximum atomic E-state index is 5.41. The number of aliphatic imine (C=N–C) groups is 1. The standard InChI is InChI=1S/C15H24N4/c1-12-5-4-8-19(10-12)11-14-7-3-2-6-13(14)9-18-15(16)17/h2-3,6-7,12H,4-5,8-11H2,1H3,(H4,16,17,18). The first kappa shape index (κ1) is 13.9. The molecule has 1 unspecified atom stereocenters. The summed E-state index contributed by atoms with van der Waals surface area (Å²) in [7, 11) is 0. The molecule has 1 aliphatic heterocycles. The molecule has 1 aromatic rings. The largest absolute Gasteiger partial charge is 0.370 e. The van der Waals surface area contributed by atoms with E-state index in [1.165, 1.54) is 37.1 Å². The van der Waals surface area contributed by atoms with Gasteiger partial charge in [-0.25, -0.2) is 4.99 Å². The Morgan fingerprint density at radius 1 is 1.32 bits per heavy atom. The van der Waals surface area contributed by atoms with Crippen LogP contribution in [-0.2, 0) is 13.1 Å². The smallest absolute Gasteiger partial charge is 0.186 e. The van der Waals surface area contributed by atoms with Crippen LogP contribution >= 0.6 is 0 Å². The van der Waals surface area contributed by atoms with Gasteiger partial charge in [0.15, 0.2) is 5.96 Å². The van der Waals surface area contributed by atoms with E-state index in [9.17, 15) is 0 Å². The van der Waals surface area contributed by atoms with E-state index in [1.807, 2.05) is 6.07 Å². The molecule has 0 radical (unpaired) electrons. The van der Waals surface area contributed by atoms with Gasteiger partial charge in [0.25, 0.3) is 0 Å². The lowest BCUT2D eigenvalue weighted by Crippen LogP contribution is -2.34. The van der Waals surface area contributed by atoms with Crippen LogP contribution in [0.3, 0.4) is 0 Å². The first-order valence-electron chi connectivity index (χ1n) is 6.99. The molecule has 1 aliphatic rings. The molecule has 0 aromatic heterocycles. The van der Waals surface area contributed by atoms with E-state index in [2.05, 4.69) is 35.0 Å². The van der Waals surface area contributed by atoms with Crippen LogP contribution in [0.2, 0.25) is 0 Å². The molecule has 4 nitrogen and oxygen atoms in total. The Bertz CT molecular complexity index is 438. The summed E-state index contributed by atoms with van der Waals surface area (Å²) in [6, 6.07) is 8.41. The summed E-state index contributed by atoms with van der Waals surface area (Å²) in [5.74, 6) is 0.958. The van der Waals surface area contributed by atoms with Crippen molar-refractivity contribution in [3.63, 3.8) is 0 Å². The fourth-order valence-electron chi connectivity index (χ4n) is 2.71. The Morgan fingerprint density at radius 3 is 2.74 bits per heavy atom. The van der Waals surface area contributed by atoms with Crippen molar-refractivity contribution in [1.82, 2.24) is 4.90 Å². The van der Waals surface area contributed by atoms with Crippen LogP contribution in [-0.4, -0.2) is 23.9 Å². The predicted octanol–water partition coefficient (Wildman–Crippen LogP) is 1.69. The van der Waals surface area contributed by atoms with Gasteiger partial charge in [-0.15, -0.1) is 0 Å². The van der Waals surface area contributed by atoms with Crippen molar-refractivity contribution in [3.05, 3.63) is 35.4 Å². The number of likely N-dealkylation sites (tertiary alicyclic amines) is 1. The summed E-state index contributed by atoms with van der Waals surface area (Å²) in [5.41, 5.74) is 13.4. The predicted molar refractivity (Wildman–Crippen MR) is 79.6 cm³/mol. The minimum atomic E-state index is 0.154. The third-order valence-corrected chi connectivity index (χ3v) is 3.69. The summed E-state index contributed by atoms with van der Waals surface area (Å²) in [6.45, 7) is 6.29. The SMILES string of the molecule is CC1CCCN(Cc2ccccc2CN=C(N)N)C1. The van der Waals surface area contributed by atoms with Crippen LogP contribution in [0.5, 0.6) is 0 Å². The fourth-order valence-corrected chi connectivity index (χ4v) is 2.71. The molecule has 19 heavy (non-hydrogen) atoms. The highest BCUT2D eigenvalue weighted by atomic mass is 15.1. The van der Waals surface area contributed by atoms with Gasteiger partial charge < -0.3 is 11.5 Å². The van der Waals surface area contributed by atoms with Crippen LogP contribution in [0.4, 0.5) is 0 Å². The van der Waals surface area contributed by atoms with Crippen molar-refractivity contribution >= 4 is 5.96 Å². The van der Waals surface area contributed by atoms with Gasteiger partial charge in [-0.2, -0.15) is 0 Å². The van der Waals surface area contributed by atoms with Crippen LogP contribution < -0.4 is 11.5 Å². The van der Waals surface area contributed by atoms with Crippen molar-refractivity contribution in [2.45, 2.75) is 32.9 Å². The second-order valence-corrected chi connectivity index (χ2v) is 5.49. The van der Waals surface area contributed by atoms with Gasteiger partial charge in [0.05, 0.1) is 6.54 Å². The average molecular weight is 260 g/mol. The lowest BCUT2D eigenvalue weighted by molar-refractivity contribution is 0.176. The van der Waals surface area contributed by atoms with E-state index in [1.54, 1.807) is 0 Å². The number of guanidine groups is 1. The minimum absolute atomic E-state index is 0.154. The molecule has 1 aromatic carbocycles. The molecule has 2 rings (SSSR count). The maximum absolute atomic E-state index is 5.41. The second-order valence-electron chi connectivity index (χ2n) is 5.49. The number of nitrogens with zero attached hydrogens (tertiary/aromatic N) is 2. The third-order valence-electron chi connectivity index (χ3n) is 3.69. The van der Waals surface area contributed by atoms with Crippen molar-refractivity contribution in [2.24, 2.45) is 22.4 Å². The summed E-state index contributed by atoms with van der Waals surface area (Å²) in [6.07, 6.45) is 2.66. The molecule has 0 saturated carbocycles. The zero-order valence-corrected chi connectivity index (χ0v) is 11.7. The summed E-state index contributed by atoms with van der Waals surface area (Å²) in [4.78, 5) is 6.65. The van der Waals surface area contributed by atoms with Crippen LogP contribution in [0, 0.1) is 5.92 Å². The Labute approximate surface area is 115 Å². The molecule has 0 bridgehead atoms.